The van der Waals surface area contributed by atoms with Crippen LogP contribution >= 0.6 is 0 Å². The van der Waals surface area contributed by atoms with Crippen LogP contribution in [0.1, 0.15) is 32.8 Å². The lowest BCUT2D eigenvalue weighted by Crippen LogP contribution is -2.31. The molecule has 2 rings (SSSR count). The topological polar surface area (TPSA) is 119 Å². The minimum atomic E-state index is -0.642. The highest BCUT2D eigenvalue weighted by molar-refractivity contribution is 5.93. The molecule has 140 valence electrons. The third kappa shape index (κ3) is 6.15. The lowest BCUT2D eigenvalue weighted by Gasteiger charge is -2.22. The number of anilines is 1. The van der Waals surface area contributed by atoms with Gasteiger partial charge in [0.25, 0.3) is 5.95 Å². The molecule has 1 amide bonds. The van der Waals surface area contributed by atoms with Crippen LogP contribution in [0, 0.1) is 5.92 Å². The van der Waals surface area contributed by atoms with Crippen molar-refractivity contribution in [2.75, 3.05) is 12.4 Å². The van der Waals surface area contributed by atoms with Crippen LogP contribution in [0.15, 0.2) is 24.3 Å². The number of tetrazole rings is 1. The third-order valence-corrected chi connectivity index (χ3v) is 3.43. The normalized spacial score (nSPS) is 12.3. The second-order valence-electron chi connectivity index (χ2n) is 6.76. The summed E-state index contributed by atoms with van der Waals surface area (Å²) in [6.45, 7) is 5.34. The van der Waals surface area contributed by atoms with Crippen molar-refractivity contribution in [1.82, 2.24) is 20.6 Å². The van der Waals surface area contributed by atoms with Crippen molar-refractivity contribution >= 4 is 17.8 Å². The first kappa shape index (κ1) is 19.4. The summed E-state index contributed by atoms with van der Waals surface area (Å²) in [5, 5.41) is 15.6. The van der Waals surface area contributed by atoms with Gasteiger partial charge in [0.2, 0.25) is 5.91 Å². The van der Waals surface area contributed by atoms with Gasteiger partial charge in [-0.2, -0.15) is 5.21 Å². The molecule has 0 aliphatic rings. The van der Waals surface area contributed by atoms with Crippen LogP contribution in [0.5, 0.6) is 5.75 Å². The van der Waals surface area contributed by atoms with Gasteiger partial charge in [-0.25, -0.2) is 0 Å². The molecule has 0 fully saturated rings. The summed E-state index contributed by atoms with van der Waals surface area (Å²) in [4.78, 5) is 24.8. The van der Waals surface area contributed by atoms with Gasteiger partial charge < -0.3 is 9.47 Å². The van der Waals surface area contributed by atoms with Crippen LogP contribution < -0.4 is 10.1 Å². The van der Waals surface area contributed by atoms with Crippen molar-refractivity contribution in [2.24, 2.45) is 5.92 Å². The average Bonchev–Trinajstić information content (AvgIpc) is 3.06. The maximum absolute atomic E-state index is 12.6. The van der Waals surface area contributed by atoms with E-state index < -0.39 is 17.5 Å². The summed E-state index contributed by atoms with van der Waals surface area (Å²) < 4.78 is 10.5. The van der Waals surface area contributed by atoms with Gasteiger partial charge in [0.15, 0.2) is 0 Å². The van der Waals surface area contributed by atoms with E-state index in [4.69, 9.17) is 9.47 Å². The minimum Gasteiger partial charge on any atom is -0.497 e. The number of amides is 1. The third-order valence-electron chi connectivity index (χ3n) is 3.43. The lowest BCUT2D eigenvalue weighted by atomic mass is 9.95. The number of aromatic nitrogens is 4. The predicted octanol–water partition coefficient (Wildman–Crippen LogP) is 1.74. The number of ether oxygens (including phenoxy) is 2. The molecule has 1 aromatic carbocycles. The molecule has 0 radical (unpaired) electrons. The highest BCUT2D eigenvalue weighted by atomic mass is 16.6. The summed E-state index contributed by atoms with van der Waals surface area (Å²) in [5.41, 5.74) is 0.272. The van der Waals surface area contributed by atoms with E-state index in [-0.39, 0.29) is 18.3 Å². The van der Waals surface area contributed by atoms with Crippen LogP contribution in [0.4, 0.5) is 5.95 Å². The quantitative estimate of drug-likeness (QED) is 0.721. The number of benzene rings is 1. The molecule has 9 nitrogen and oxygen atoms in total. The van der Waals surface area contributed by atoms with Gasteiger partial charge >= 0.3 is 5.97 Å². The van der Waals surface area contributed by atoms with Crippen LogP contribution in [-0.4, -0.2) is 45.2 Å². The van der Waals surface area contributed by atoms with Crippen LogP contribution in [-0.2, 0) is 20.7 Å². The van der Waals surface area contributed by atoms with Gasteiger partial charge in [-0.15, -0.1) is 5.10 Å². The van der Waals surface area contributed by atoms with Crippen molar-refractivity contribution < 1.29 is 19.1 Å². The van der Waals surface area contributed by atoms with Gasteiger partial charge in [-0.3, -0.25) is 14.9 Å². The first-order valence-corrected chi connectivity index (χ1v) is 8.16. The lowest BCUT2D eigenvalue weighted by molar-refractivity contribution is -0.157. The molecule has 1 atom stereocenters. The molecule has 2 N–H and O–H groups in total. The number of aromatic amines is 1. The SMILES string of the molecule is COc1ccc(CC(CC(=O)OC(C)(C)C)C(=O)Nc2nn[nH]n2)cc1. The van der Waals surface area contributed by atoms with E-state index in [2.05, 4.69) is 25.9 Å². The summed E-state index contributed by atoms with van der Waals surface area (Å²) in [6, 6.07) is 7.30. The highest BCUT2D eigenvalue weighted by Crippen LogP contribution is 2.19. The summed E-state index contributed by atoms with van der Waals surface area (Å²) in [5.74, 6) is -0.697. The standard InChI is InChI=1S/C17H23N5O4/c1-17(2,3)26-14(23)10-12(15(24)18-16-19-21-22-20-16)9-11-5-7-13(25-4)8-6-11/h5-8,12H,9-10H2,1-4H3,(H2,18,19,20,21,22,24). The Bertz CT molecular complexity index is 723. The Balaban J connectivity index is 2.10. The number of rotatable bonds is 7. The van der Waals surface area contributed by atoms with E-state index in [0.29, 0.717) is 12.2 Å². The molecule has 0 saturated carbocycles. The van der Waals surface area contributed by atoms with Crippen LogP contribution in [0.25, 0.3) is 0 Å². The maximum Gasteiger partial charge on any atom is 0.307 e. The van der Waals surface area contributed by atoms with E-state index in [9.17, 15) is 9.59 Å². The van der Waals surface area contributed by atoms with E-state index >= 15 is 0 Å². The number of hydrogen-bond donors (Lipinski definition) is 2. The Morgan fingerprint density at radius 2 is 1.92 bits per heavy atom. The summed E-state index contributed by atoms with van der Waals surface area (Å²) >= 11 is 0. The predicted molar refractivity (Wildman–Crippen MR) is 93.5 cm³/mol. The fourth-order valence-electron chi connectivity index (χ4n) is 2.32. The smallest absolute Gasteiger partial charge is 0.307 e. The molecular weight excluding hydrogens is 338 g/mol. The van der Waals surface area contributed by atoms with Crippen molar-refractivity contribution in [3.63, 3.8) is 0 Å². The van der Waals surface area contributed by atoms with Crippen LogP contribution in [0.2, 0.25) is 0 Å². The van der Waals surface area contributed by atoms with E-state index in [1.54, 1.807) is 40.0 Å². The number of nitrogens with zero attached hydrogens (tertiary/aromatic N) is 3. The van der Waals surface area contributed by atoms with Crippen molar-refractivity contribution in [3.8, 4) is 5.75 Å². The monoisotopic (exact) mass is 361 g/mol. The Morgan fingerprint density at radius 3 is 2.46 bits per heavy atom. The van der Waals surface area contributed by atoms with Gasteiger partial charge in [-0.1, -0.05) is 17.2 Å². The Kier molecular flexibility index (Phi) is 6.26. The first-order valence-electron chi connectivity index (χ1n) is 8.16. The van der Waals surface area contributed by atoms with Crippen LogP contribution in [0.3, 0.4) is 0 Å². The minimum absolute atomic E-state index is 0.0546. The molecule has 1 unspecified atom stereocenters. The van der Waals surface area contributed by atoms with Gasteiger partial charge in [0, 0.05) is 0 Å². The maximum atomic E-state index is 12.6. The number of methoxy groups -OCH3 is 1. The zero-order chi connectivity index (χ0) is 19.2. The largest absolute Gasteiger partial charge is 0.497 e. The number of carbonyl (C=O) groups excluding carboxylic acids is 2. The molecule has 26 heavy (non-hydrogen) atoms. The van der Waals surface area contributed by atoms with Gasteiger partial charge in [-0.05, 0) is 50.1 Å². The fourth-order valence-corrected chi connectivity index (χ4v) is 2.32. The summed E-state index contributed by atoms with van der Waals surface area (Å²) in [7, 11) is 1.58. The number of carbonyl (C=O) groups is 2. The molecule has 2 aromatic rings. The molecule has 1 heterocycles. The number of nitrogens with one attached hydrogen (secondary N) is 2. The Hall–Kier alpha value is -2.97. The molecule has 0 aliphatic heterocycles. The number of hydrogen-bond acceptors (Lipinski definition) is 7. The van der Waals surface area contributed by atoms with E-state index in [0.717, 1.165) is 5.56 Å². The molecule has 0 spiro atoms. The Labute approximate surface area is 151 Å². The zero-order valence-corrected chi connectivity index (χ0v) is 15.3. The Morgan fingerprint density at radius 1 is 1.23 bits per heavy atom. The molecule has 0 saturated heterocycles. The average molecular weight is 361 g/mol. The fraction of sp³-hybridized carbons (Fsp3) is 0.471. The first-order chi connectivity index (χ1) is 12.3. The van der Waals surface area contributed by atoms with Gasteiger partial charge in [0.1, 0.15) is 11.4 Å². The molecule has 1 aromatic heterocycles. The van der Waals surface area contributed by atoms with Gasteiger partial charge in [0.05, 0.1) is 19.4 Å². The molecule has 0 bridgehead atoms. The number of esters is 1. The number of H-pyrrole nitrogens is 1. The summed E-state index contributed by atoms with van der Waals surface area (Å²) in [6.07, 6.45) is 0.292. The molecule has 0 aliphatic carbocycles. The van der Waals surface area contributed by atoms with E-state index in [1.807, 2.05) is 12.1 Å². The molecule has 9 heteroatoms. The highest BCUT2D eigenvalue weighted by Gasteiger charge is 2.26. The van der Waals surface area contributed by atoms with Crippen molar-refractivity contribution in [2.45, 2.75) is 39.2 Å². The zero-order valence-electron chi connectivity index (χ0n) is 15.3. The van der Waals surface area contributed by atoms with Crippen molar-refractivity contribution in [1.29, 1.82) is 0 Å². The second kappa shape index (κ2) is 8.41. The van der Waals surface area contributed by atoms with Crippen molar-refractivity contribution in [3.05, 3.63) is 29.8 Å². The second-order valence-corrected chi connectivity index (χ2v) is 6.76. The molecular formula is C17H23N5O4. The van der Waals surface area contributed by atoms with E-state index in [1.165, 1.54) is 0 Å².